The molecule has 0 atom stereocenters. The molecule has 32 heavy (non-hydrogen) atoms. The second kappa shape index (κ2) is 13.7. The van der Waals surface area contributed by atoms with Crippen molar-refractivity contribution >= 4 is 29.9 Å². The minimum Gasteiger partial charge on any atom is -0.491 e. The van der Waals surface area contributed by atoms with Gasteiger partial charge in [-0.3, -0.25) is 4.57 Å². The average Bonchev–Trinajstić information content (AvgIpc) is 3.32. The van der Waals surface area contributed by atoms with Crippen LogP contribution in [0.15, 0.2) is 60.2 Å². The number of nitrogens with one attached hydrogen (secondary N) is 2. The number of benzene rings is 1. The molecule has 3 rings (SSSR count). The van der Waals surface area contributed by atoms with Gasteiger partial charge in [-0.25, -0.2) is 15.0 Å². The Morgan fingerprint density at radius 2 is 2.03 bits per heavy atom. The van der Waals surface area contributed by atoms with Crippen molar-refractivity contribution in [2.24, 2.45) is 4.99 Å². The fourth-order valence-corrected chi connectivity index (χ4v) is 2.93. The summed E-state index contributed by atoms with van der Waals surface area (Å²) in [7, 11) is 1.67. The van der Waals surface area contributed by atoms with E-state index in [0.717, 1.165) is 40.8 Å². The third kappa shape index (κ3) is 7.79. The van der Waals surface area contributed by atoms with E-state index in [1.165, 1.54) is 0 Å². The summed E-state index contributed by atoms with van der Waals surface area (Å²) in [6, 6.07) is 10.2. The minimum atomic E-state index is 0. The summed E-state index contributed by atoms with van der Waals surface area (Å²) >= 11 is 0. The van der Waals surface area contributed by atoms with E-state index in [1.54, 1.807) is 19.6 Å². The van der Waals surface area contributed by atoms with Gasteiger partial charge >= 0.3 is 0 Å². The average molecular weight is 550 g/mol. The van der Waals surface area contributed by atoms with E-state index in [-0.39, 0.29) is 24.0 Å². The molecule has 0 unspecified atom stereocenters. The van der Waals surface area contributed by atoms with Gasteiger partial charge in [-0.2, -0.15) is 0 Å². The van der Waals surface area contributed by atoms with Gasteiger partial charge in [-0.05, 0) is 37.1 Å². The number of methoxy groups -OCH3 is 1. The van der Waals surface area contributed by atoms with Crippen molar-refractivity contribution in [1.82, 2.24) is 25.2 Å². The van der Waals surface area contributed by atoms with E-state index in [2.05, 4.69) is 44.7 Å². The van der Waals surface area contributed by atoms with E-state index in [9.17, 15) is 0 Å². The lowest BCUT2D eigenvalue weighted by atomic mass is 10.1. The van der Waals surface area contributed by atoms with Gasteiger partial charge in [0, 0.05) is 44.4 Å². The predicted octanol–water partition coefficient (Wildman–Crippen LogP) is 3.47. The lowest BCUT2D eigenvalue weighted by molar-refractivity contribution is 0.145. The maximum absolute atomic E-state index is 5.88. The molecule has 0 radical (unpaired) electrons. The molecule has 1 aromatic carbocycles. The lowest BCUT2D eigenvalue weighted by Gasteiger charge is -2.15. The van der Waals surface area contributed by atoms with Crippen LogP contribution in [0.1, 0.15) is 23.6 Å². The molecule has 0 fully saturated rings. The van der Waals surface area contributed by atoms with Crippen LogP contribution in [-0.2, 0) is 17.8 Å². The van der Waals surface area contributed by atoms with Crippen molar-refractivity contribution in [3.05, 3.63) is 71.9 Å². The SMILES string of the molecule is CCNC(=NCc1ccc(-n2ccnc2)nc1)NCc1ccc(C)cc1OCCOC.I. The Hall–Kier alpha value is -2.66. The number of rotatable bonds is 10. The number of ether oxygens (including phenoxy) is 2. The Bertz CT molecular complexity index is 961. The Labute approximate surface area is 206 Å². The monoisotopic (exact) mass is 550 g/mol. The summed E-state index contributed by atoms with van der Waals surface area (Å²) in [5.41, 5.74) is 3.25. The molecule has 0 aliphatic rings. The highest BCUT2D eigenvalue weighted by molar-refractivity contribution is 14.0. The predicted molar refractivity (Wildman–Crippen MR) is 137 cm³/mol. The van der Waals surface area contributed by atoms with Crippen LogP contribution < -0.4 is 15.4 Å². The number of guanidine groups is 1. The highest BCUT2D eigenvalue weighted by Gasteiger charge is 2.06. The summed E-state index contributed by atoms with van der Waals surface area (Å²) in [5.74, 6) is 2.43. The van der Waals surface area contributed by atoms with Crippen LogP contribution in [0.5, 0.6) is 5.75 Å². The van der Waals surface area contributed by atoms with Crippen molar-refractivity contribution in [3.8, 4) is 11.6 Å². The Morgan fingerprint density at radius 1 is 1.16 bits per heavy atom. The largest absolute Gasteiger partial charge is 0.491 e. The van der Waals surface area contributed by atoms with Crippen LogP contribution in [0.3, 0.4) is 0 Å². The first-order valence-corrected chi connectivity index (χ1v) is 10.4. The number of hydrogen-bond acceptors (Lipinski definition) is 5. The van der Waals surface area contributed by atoms with E-state index < -0.39 is 0 Å². The van der Waals surface area contributed by atoms with Crippen LogP contribution in [0.4, 0.5) is 0 Å². The van der Waals surface area contributed by atoms with Crippen LogP contribution in [0.2, 0.25) is 0 Å². The van der Waals surface area contributed by atoms with E-state index in [4.69, 9.17) is 9.47 Å². The summed E-state index contributed by atoms with van der Waals surface area (Å²) in [6.07, 6.45) is 7.16. The molecule has 0 aliphatic heterocycles. The summed E-state index contributed by atoms with van der Waals surface area (Å²) < 4.78 is 12.8. The maximum Gasteiger partial charge on any atom is 0.191 e. The summed E-state index contributed by atoms with van der Waals surface area (Å²) in [5, 5.41) is 6.67. The fraction of sp³-hybridized carbons (Fsp3) is 0.348. The van der Waals surface area contributed by atoms with E-state index in [1.807, 2.05) is 42.1 Å². The van der Waals surface area contributed by atoms with E-state index in [0.29, 0.717) is 26.3 Å². The molecule has 0 saturated carbocycles. The van der Waals surface area contributed by atoms with Gasteiger partial charge in [0.05, 0.1) is 13.2 Å². The van der Waals surface area contributed by atoms with Gasteiger partial charge < -0.3 is 20.1 Å². The number of aliphatic imine (C=N–C) groups is 1. The maximum atomic E-state index is 5.88. The van der Waals surface area contributed by atoms with Crippen molar-refractivity contribution in [3.63, 3.8) is 0 Å². The highest BCUT2D eigenvalue weighted by atomic mass is 127. The molecule has 2 heterocycles. The number of nitrogens with zero attached hydrogens (tertiary/aromatic N) is 4. The Balaban J connectivity index is 0.00000363. The zero-order valence-corrected chi connectivity index (χ0v) is 21.1. The molecule has 2 aromatic heterocycles. The standard InChI is InChI=1S/C23H30N6O2.HI/c1-4-25-23(27-15-19-6-8-22(26-14-19)29-10-9-24-17-29)28-16-20-7-5-18(2)13-21(20)31-12-11-30-3;/h5-10,13-14,17H,4,11-12,15-16H2,1-3H3,(H2,25,27,28);1H. The van der Waals surface area contributed by atoms with Crippen LogP contribution in [0, 0.1) is 6.92 Å². The summed E-state index contributed by atoms with van der Waals surface area (Å²) in [6.45, 7) is 7.07. The topological polar surface area (TPSA) is 85.6 Å². The smallest absolute Gasteiger partial charge is 0.191 e. The van der Waals surface area contributed by atoms with E-state index >= 15 is 0 Å². The Kier molecular flexibility index (Phi) is 10.9. The van der Waals surface area contributed by atoms with Gasteiger partial charge in [0.25, 0.3) is 0 Å². The molecule has 0 spiro atoms. The second-order valence-electron chi connectivity index (χ2n) is 7.00. The molecule has 8 nitrogen and oxygen atoms in total. The minimum absolute atomic E-state index is 0. The lowest BCUT2D eigenvalue weighted by Crippen LogP contribution is -2.36. The number of hydrogen-bond donors (Lipinski definition) is 2. The number of aromatic nitrogens is 3. The Morgan fingerprint density at radius 3 is 2.72 bits per heavy atom. The zero-order chi connectivity index (χ0) is 21.9. The molecule has 0 amide bonds. The van der Waals surface area contributed by atoms with Crippen molar-refractivity contribution < 1.29 is 9.47 Å². The number of imidazole rings is 1. The number of aryl methyl sites for hydroxylation is 1. The molecule has 9 heteroatoms. The zero-order valence-electron chi connectivity index (χ0n) is 18.7. The molecule has 2 N–H and O–H groups in total. The normalized spacial score (nSPS) is 11.0. The third-order valence-corrected chi connectivity index (χ3v) is 4.56. The quantitative estimate of drug-likeness (QED) is 0.174. The third-order valence-electron chi connectivity index (χ3n) is 4.56. The van der Waals surface area contributed by atoms with Gasteiger partial charge in [0.15, 0.2) is 5.96 Å². The molecular formula is C23H31IN6O2. The fourth-order valence-electron chi connectivity index (χ4n) is 2.93. The van der Waals surface area contributed by atoms with Crippen LogP contribution in [0.25, 0.3) is 5.82 Å². The number of pyridine rings is 1. The van der Waals surface area contributed by atoms with Gasteiger partial charge in [0.1, 0.15) is 24.5 Å². The second-order valence-corrected chi connectivity index (χ2v) is 7.00. The van der Waals surface area contributed by atoms with Crippen LogP contribution >= 0.6 is 24.0 Å². The van der Waals surface area contributed by atoms with Gasteiger partial charge in [-0.15, -0.1) is 24.0 Å². The first kappa shape index (κ1) is 25.6. The van der Waals surface area contributed by atoms with Crippen molar-refractivity contribution in [2.45, 2.75) is 26.9 Å². The molecule has 0 bridgehead atoms. The van der Waals surface area contributed by atoms with Gasteiger partial charge in [-0.1, -0.05) is 18.2 Å². The van der Waals surface area contributed by atoms with Gasteiger partial charge in [0.2, 0.25) is 0 Å². The number of halogens is 1. The van der Waals surface area contributed by atoms with Crippen molar-refractivity contribution in [1.29, 1.82) is 0 Å². The first-order chi connectivity index (χ1) is 15.2. The highest BCUT2D eigenvalue weighted by Crippen LogP contribution is 2.20. The summed E-state index contributed by atoms with van der Waals surface area (Å²) in [4.78, 5) is 13.2. The van der Waals surface area contributed by atoms with Crippen LogP contribution in [-0.4, -0.2) is 47.4 Å². The molecule has 3 aromatic rings. The molecule has 0 saturated heterocycles. The van der Waals surface area contributed by atoms with Crippen molar-refractivity contribution in [2.75, 3.05) is 26.9 Å². The first-order valence-electron chi connectivity index (χ1n) is 10.4. The molecule has 0 aliphatic carbocycles. The molecule has 172 valence electrons. The molecular weight excluding hydrogens is 519 g/mol.